The van der Waals surface area contributed by atoms with Gasteiger partial charge in [0.15, 0.2) is 0 Å². The van der Waals surface area contributed by atoms with Crippen LogP contribution in [0.3, 0.4) is 0 Å². The Morgan fingerprint density at radius 1 is 1.47 bits per heavy atom. The summed E-state index contributed by atoms with van der Waals surface area (Å²) in [5.74, 6) is 2.49. The molecule has 1 unspecified atom stereocenters. The Morgan fingerprint density at radius 2 is 2.33 bits per heavy atom. The van der Waals surface area contributed by atoms with Crippen LogP contribution in [0.2, 0.25) is 5.02 Å². The van der Waals surface area contributed by atoms with Crippen LogP contribution in [-0.4, -0.2) is 17.5 Å². The van der Waals surface area contributed by atoms with Crippen molar-refractivity contribution >= 4 is 45.0 Å². The van der Waals surface area contributed by atoms with Crippen molar-refractivity contribution in [2.24, 2.45) is 0 Å². The molecule has 0 saturated carbocycles. The first-order valence-corrected chi connectivity index (χ1v) is 7.37. The van der Waals surface area contributed by atoms with Gasteiger partial charge in [-0.2, -0.15) is 11.8 Å². The molecule has 0 bridgehead atoms. The summed E-state index contributed by atoms with van der Waals surface area (Å²) in [5, 5.41) is 4.32. The van der Waals surface area contributed by atoms with Crippen LogP contribution in [0, 0.1) is 0 Å². The second kappa shape index (κ2) is 5.46. The fraction of sp³-hybridized carbons (Fsp3) is 0.455. The first-order valence-electron chi connectivity index (χ1n) is 5.05. The van der Waals surface area contributed by atoms with E-state index in [1.807, 2.05) is 30.0 Å². The Morgan fingerprint density at radius 3 is 3.07 bits per heavy atom. The zero-order valence-electron chi connectivity index (χ0n) is 8.30. The lowest BCUT2D eigenvalue weighted by Gasteiger charge is -2.24. The van der Waals surface area contributed by atoms with Gasteiger partial charge in [-0.1, -0.05) is 11.6 Å². The minimum atomic E-state index is 0.582. The van der Waals surface area contributed by atoms with Gasteiger partial charge in [0.1, 0.15) is 0 Å². The summed E-state index contributed by atoms with van der Waals surface area (Å²) >= 11 is 11.5. The van der Waals surface area contributed by atoms with Crippen LogP contribution in [0.1, 0.15) is 12.8 Å². The number of halogens is 2. The molecule has 1 N–H and O–H groups in total. The van der Waals surface area contributed by atoms with E-state index in [1.165, 1.54) is 24.3 Å². The summed E-state index contributed by atoms with van der Waals surface area (Å²) in [6.07, 6.45) is 2.56. The lowest BCUT2D eigenvalue weighted by molar-refractivity contribution is 0.685. The maximum absolute atomic E-state index is 5.97. The van der Waals surface area contributed by atoms with Crippen molar-refractivity contribution in [3.63, 3.8) is 0 Å². The molecule has 1 aliphatic heterocycles. The molecule has 1 aromatic carbocycles. The van der Waals surface area contributed by atoms with Gasteiger partial charge in [0.2, 0.25) is 0 Å². The van der Waals surface area contributed by atoms with Gasteiger partial charge in [0.25, 0.3) is 0 Å². The average molecular weight is 307 g/mol. The van der Waals surface area contributed by atoms with Crippen LogP contribution in [0.4, 0.5) is 5.69 Å². The van der Waals surface area contributed by atoms with E-state index in [4.69, 9.17) is 11.6 Å². The predicted molar refractivity (Wildman–Crippen MR) is 73.1 cm³/mol. The molecule has 1 saturated heterocycles. The van der Waals surface area contributed by atoms with Crippen molar-refractivity contribution < 1.29 is 0 Å². The topological polar surface area (TPSA) is 12.0 Å². The highest BCUT2D eigenvalue weighted by molar-refractivity contribution is 9.10. The van der Waals surface area contributed by atoms with E-state index in [0.717, 1.165) is 15.2 Å². The summed E-state index contributed by atoms with van der Waals surface area (Å²) in [6, 6.07) is 6.44. The van der Waals surface area contributed by atoms with Gasteiger partial charge in [0, 0.05) is 21.3 Å². The smallest absolute Gasteiger partial charge is 0.0501 e. The normalized spacial score (nSPS) is 21.3. The molecule has 0 aromatic heterocycles. The van der Waals surface area contributed by atoms with E-state index < -0.39 is 0 Å². The summed E-state index contributed by atoms with van der Waals surface area (Å²) in [7, 11) is 0. The molecule has 0 amide bonds. The second-order valence-corrected chi connectivity index (χ2v) is 6.12. The van der Waals surface area contributed by atoms with E-state index in [2.05, 4.69) is 21.2 Å². The third-order valence-corrected chi connectivity index (χ3v) is 4.59. The molecular weight excluding hydrogens is 294 g/mol. The van der Waals surface area contributed by atoms with Gasteiger partial charge in [-0.25, -0.2) is 0 Å². The summed E-state index contributed by atoms with van der Waals surface area (Å²) < 4.78 is 1.09. The van der Waals surface area contributed by atoms with Crippen LogP contribution in [0.15, 0.2) is 22.7 Å². The zero-order valence-corrected chi connectivity index (χ0v) is 11.5. The van der Waals surface area contributed by atoms with Gasteiger partial charge in [-0.05, 0) is 52.7 Å². The molecule has 82 valence electrons. The van der Waals surface area contributed by atoms with Crippen molar-refractivity contribution in [1.82, 2.24) is 0 Å². The molecular formula is C11H13BrClNS. The molecule has 1 heterocycles. The Balaban J connectivity index is 2.05. The third kappa shape index (κ3) is 3.30. The lowest BCUT2D eigenvalue weighted by atomic mass is 10.2. The molecule has 1 atom stereocenters. The molecule has 2 rings (SSSR count). The van der Waals surface area contributed by atoms with Crippen LogP contribution in [-0.2, 0) is 0 Å². The fourth-order valence-electron chi connectivity index (χ4n) is 1.68. The number of benzene rings is 1. The Hall–Kier alpha value is 0.140. The monoisotopic (exact) mass is 305 g/mol. The highest BCUT2D eigenvalue weighted by Crippen LogP contribution is 2.28. The van der Waals surface area contributed by atoms with E-state index in [-0.39, 0.29) is 0 Å². The van der Waals surface area contributed by atoms with E-state index in [0.29, 0.717) is 6.04 Å². The van der Waals surface area contributed by atoms with Crippen molar-refractivity contribution in [3.05, 3.63) is 27.7 Å². The zero-order chi connectivity index (χ0) is 10.7. The molecule has 1 aromatic rings. The highest BCUT2D eigenvalue weighted by atomic mass is 79.9. The number of hydrogen-bond donors (Lipinski definition) is 1. The number of anilines is 1. The SMILES string of the molecule is Clc1ccc(Br)c(NC2CCCSC2)c1. The number of hydrogen-bond acceptors (Lipinski definition) is 2. The van der Waals surface area contributed by atoms with Crippen LogP contribution in [0.25, 0.3) is 0 Å². The average Bonchev–Trinajstić information content (AvgIpc) is 2.25. The van der Waals surface area contributed by atoms with Crippen molar-refractivity contribution in [1.29, 1.82) is 0 Å². The Bertz CT molecular complexity index is 339. The minimum Gasteiger partial charge on any atom is -0.381 e. The van der Waals surface area contributed by atoms with Gasteiger partial charge in [-0.15, -0.1) is 0 Å². The largest absolute Gasteiger partial charge is 0.381 e. The van der Waals surface area contributed by atoms with Gasteiger partial charge in [0.05, 0.1) is 5.69 Å². The molecule has 0 radical (unpaired) electrons. The molecule has 15 heavy (non-hydrogen) atoms. The molecule has 0 spiro atoms. The summed E-state index contributed by atoms with van der Waals surface area (Å²) in [4.78, 5) is 0. The van der Waals surface area contributed by atoms with Gasteiger partial charge in [-0.3, -0.25) is 0 Å². The summed E-state index contributed by atoms with van der Waals surface area (Å²) in [5.41, 5.74) is 1.11. The minimum absolute atomic E-state index is 0.582. The molecule has 1 aliphatic rings. The highest BCUT2D eigenvalue weighted by Gasteiger charge is 2.14. The number of thioether (sulfide) groups is 1. The van der Waals surface area contributed by atoms with Crippen LogP contribution in [0.5, 0.6) is 0 Å². The van der Waals surface area contributed by atoms with Crippen LogP contribution >= 0.6 is 39.3 Å². The van der Waals surface area contributed by atoms with Crippen molar-refractivity contribution in [2.45, 2.75) is 18.9 Å². The number of rotatable bonds is 2. The lowest BCUT2D eigenvalue weighted by Crippen LogP contribution is -2.25. The molecule has 1 fully saturated rings. The van der Waals surface area contributed by atoms with Gasteiger partial charge >= 0.3 is 0 Å². The standard InChI is InChI=1S/C11H13BrClNS/c12-10-4-3-8(13)6-11(10)14-9-2-1-5-15-7-9/h3-4,6,9,14H,1-2,5,7H2. The van der Waals surface area contributed by atoms with Crippen molar-refractivity contribution in [2.75, 3.05) is 16.8 Å². The molecule has 4 heteroatoms. The maximum Gasteiger partial charge on any atom is 0.0501 e. The molecule has 1 nitrogen and oxygen atoms in total. The first-order chi connectivity index (χ1) is 7.25. The van der Waals surface area contributed by atoms with Crippen LogP contribution < -0.4 is 5.32 Å². The predicted octanol–water partition coefficient (Wildman–Crippen LogP) is 4.41. The summed E-state index contributed by atoms with van der Waals surface area (Å²) in [6.45, 7) is 0. The van der Waals surface area contributed by atoms with E-state index >= 15 is 0 Å². The number of nitrogens with one attached hydrogen (secondary N) is 1. The molecule has 0 aliphatic carbocycles. The van der Waals surface area contributed by atoms with Crippen molar-refractivity contribution in [3.8, 4) is 0 Å². The Labute approximate surface area is 108 Å². The third-order valence-electron chi connectivity index (χ3n) is 2.45. The van der Waals surface area contributed by atoms with E-state index in [1.54, 1.807) is 0 Å². The fourth-order valence-corrected chi connectivity index (χ4v) is 3.29. The second-order valence-electron chi connectivity index (χ2n) is 3.68. The Kier molecular flexibility index (Phi) is 4.23. The van der Waals surface area contributed by atoms with E-state index in [9.17, 15) is 0 Å². The first kappa shape index (κ1) is 11.6. The maximum atomic E-state index is 5.97. The van der Waals surface area contributed by atoms with Gasteiger partial charge < -0.3 is 5.32 Å². The quantitative estimate of drug-likeness (QED) is 0.868.